The zero-order valence-corrected chi connectivity index (χ0v) is 12.3. The van der Waals surface area contributed by atoms with Crippen LogP contribution in [0.15, 0.2) is 52.9 Å². The second-order valence-electron chi connectivity index (χ2n) is 5.21. The van der Waals surface area contributed by atoms with Crippen LogP contribution < -0.4 is 0 Å². The molecule has 0 aliphatic rings. The first-order chi connectivity index (χ1) is 10.9. The van der Waals surface area contributed by atoms with Gasteiger partial charge in [-0.15, -0.1) is 0 Å². The van der Waals surface area contributed by atoms with E-state index < -0.39 is 11.7 Å². The molecule has 2 aromatic carbocycles. The van der Waals surface area contributed by atoms with Crippen LogP contribution in [0.1, 0.15) is 5.56 Å². The molecule has 116 valence electrons. The summed E-state index contributed by atoms with van der Waals surface area (Å²) in [6.07, 6.45) is -4.53. The number of aromatic nitrogens is 1. The molecule has 23 heavy (non-hydrogen) atoms. The summed E-state index contributed by atoms with van der Waals surface area (Å²) >= 11 is 5.86. The fourth-order valence-corrected chi connectivity index (χ4v) is 2.92. The predicted molar refractivity (Wildman–Crippen MR) is 83.5 cm³/mol. The normalized spacial score (nSPS) is 12.3. The van der Waals surface area contributed by atoms with Crippen molar-refractivity contribution in [3.8, 4) is 11.5 Å². The van der Waals surface area contributed by atoms with Gasteiger partial charge in [0.25, 0.3) is 0 Å². The van der Waals surface area contributed by atoms with Crippen molar-refractivity contribution in [3.63, 3.8) is 0 Å². The number of hydrogen-bond donors (Lipinski definition) is 1. The van der Waals surface area contributed by atoms with Crippen LogP contribution in [0.2, 0.25) is 5.02 Å². The number of aromatic amines is 1. The van der Waals surface area contributed by atoms with Crippen molar-refractivity contribution < 1.29 is 17.6 Å². The average Bonchev–Trinajstić information content (AvgIpc) is 3.06. The maximum Gasteiger partial charge on any atom is 0.419 e. The molecule has 6 heteroatoms. The van der Waals surface area contributed by atoms with Crippen molar-refractivity contribution in [1.82, 2.24) is 4.98 Å². The minimum absolute atomic E-state index is 0.0282. The number of rotatable bonds is 1. The Bertz CT molecular complexity index is 996. The molecular weight excluding hydrogens is 327 g/mol. The van der Waals surface area contributed by atoms with Gasteiger partial charge in [-0.25, -0.2) is 0 Å². The van der Waals surface area contributed by atoms with Crippen molar-refractivity contribution in [1.29, 1.82) is 0 Å². The summed E-state index contributed by atoms with van der Waals surface area (Å²) in [4.78, 5) is 2.80. The van der Waals surface area contributed by atoms with Gasteiger partial charge in [0, 0.05) is 21.3 Å². The van der Waals surface area contributed by atoms with Crippen molar-refractivity contribution in [2.75, 3.05) is 0 Å². The molecule has 0 spiro atoms. The topological polar surface area (TPSA) is 28.9 Å². The van der Waals surface area contributed by atoms with Gasteiger partial charge in [-0.3, -0.25) is 0 Å². The Morgan fingerprint density at radius 1 is 1.00 bits per heavy atom. The number of benzene rings is 2. The first kappa shape index (κ1) is 14.2. The summed E-state index contributed by atoms with van der Waals surface area (Å²) in [5.41, 5.74) is 0.0320. The molecule has 0 fully saturated rings. The lowest BCUT2D eigenvalue weighted by Gasteiger charge is -2.07. The Morgan fingerprint density at radius 3 is 2.52 bits per heavy atom. The first-order valence-corrected chi connectivity index (χ1v) is 7.18. The molecule has 2 heterocycles. The van der Waals surface area contributed by atoms with E-state index in [1.165, 1.54) is 12.1 Å². The maximum absolute atomic E-state index is 13.6. The Hall–Kier alpha value is -2.40. The number of para-hydroxylation sites is 1. The second-order valence-corrected chi connectivity index (χ2v) is 5.65. The molecule has 0 saturated heterocycles. The first-order valence-electron chi connectivity index (χ1n) is 6.81. The van der Waals surface area contributed by atoms with Crippen LogP contribution in [0.4, 0.5) is 13.2 Å². The van der Waals surface area contributed by atoms with Gasteiger partial charge in [0.15, 0.2) is 5.76 Å². The molecular formula is C17H9ClF3NO. The largest absolute Gasteiger partial charge is 0.455 e. The molecule has 4 rings (SSSR count). The van der Waals surface area contributed by atoms with E-state index in [0.29, 0.717) is 11.1 Å². The number of H-pyrrole nitrogens is 1. The summed E-state index contributed by atoms with van der Waals surface area (Å²) in [6.45, 7) is 0. The maximum atomic E-state index is 13.6. The van der Waals surface area contributed by atoms with Gasteiger partial charge >= 0.3 is 6.18 Å². The number of furan rings is 1. The Kier molecular flexibility index (Phi) is 2.96. The highest BCUT2D eigenvalue weighted by molar-refractivity contribution is 6.31. The molecule has 4 aromatic rings. The molecule has 0 bridgehead atoms. The third-order valence-electron chi connectivity index (χ3n) is 3.72. The zero-order valence-electron chi connectivity index (χ0n) is 11.5. The van der Waals surface area contributed by atoms with Crippen molar-refractivity contribution >= 4 is 33.5 Å². The Morgan fingerprint density at radius 2 is 1.78 bits per heavy atom. The monoisotopic (exact) mass is 335 g/mol. The Balaban J connectivity index is 2.06. The highest BCUT2D eigenvalue weighted by Crippen LogP contribution is 2.43. The molecule has 2 nitrogen and oxygen atoms in total. The van der Waals surface area contributed by atoms with Gasteiger partial charge in [-0.05, 0) is 30.3 Å². The SMILES string of the molecule is FC(F)(F)c1c(-c2cc3ccccc3o2)[nH]c2ccc(Cl)cc12. The molecule has 0 aliphatic heterocycles. The number of hydrogen-bond acceptors (Lipinski definition) is 1. The van der Waals surface area contributed by atoms with E-state index in [0.717, 1.165) is 5.39 Å². The van der Waals surface area contributed by atoms with Crippen LogP contribution in [0.25, 0.3) is 33.3 Å². The molecule has 1 N–H and O–H groups in total. The lowest BCUT2D eigenvalue weighted by Crippen LogP contribution is -2.05. The van der Waals surface area contributed by atoms with Crippen LogP contribution in [-0.2, 0) is 6.18 Å². The minimum atomic E-state index is -4.53. The summed E-state index contributed by atoms with van der Waals surface area (Å²) in [6, 6.07) is 13.0. The van der Waals surface area contributed by atoms with Crippen LogP contribution in [-0.4, -0.2) is 4.98 Å². The molecule has 0 atom stereocenters. The van der Waals surface area contributed by atoms with Crippen molar-refractivity contribution in [2.45, 2.75) is 6.18 Å². The standard InChI is InChI=1S/C17H9ClF3NO/c18-10-5-6-12-11(8-10)15(17(19,20)21)16(22-12)14-7-9-3-1-2-4-13(9)23-14/h1-8,22H. The van der Waals surface area contributed by atoms with Gasteiger partial charge in [-0.1, -0.05) is 29.8 Å². The third-order valence-corrected chi connectivity index (χ3v) is 3.95. The summed E-state index contributed by atoms with van der Waals surface area (Å²) in [5.74, 6) is 0.144. The fraction of sp³-hybridized carbons (Fsp3) is 0.0588. The second kappa shape index (κ2) is 4.80. The van der Waals surface area contributed by atoms with E-state index in [2.05, 4.69) is 4.98 Å². The van der Waals surface area contributed by atoms with Crippen LogP contribution in [0, 0.1) is 0 Å². The van der Waals surface area contributed by atoms with Crippen LogP contribution in [0.5, 0.6) is 0 Å². The smallest absolute Gasteiger partial charge is 0.419 e. The molecule has 2 aromatic heterocycles. The van der Waals surface area contributed by atoms with Crippen LogP contribution >= 0.6 is 11.6 Å². The molecule has 0 saturated carbocycles. The summed E-state index contributed by atoms with van der Waals surface area (Å²) < 4.78 is 46.3. The highest BCUT2D eigenvalue weighted by Gasteiger charge is 2.38. The number of fused-ring (bicyclic) bond motifs is 2. The summed E-state index contributed by atoms with van der Waals surface area (Å²) in [7, 11) is 0. The fourth-order valence-electron chi connectivity index (χ4n) is 2.75. The van der Waals surface area contributed by atoms with E-state index in [1.807, 2.05) is 0 Å². The van der Waals surface area contributed by atoms with Gasteiger partial charge in [0.2, 0.25) is 0 Å². The average molecular weight is 336 g/mol. The molecule has 0 aliphatic carbocycles. The molecule has 0 amide bonds. The zero-order chi connectivity index (χ0) is 16.2. The van der Waals surface area contributed by atoms with Crippen molar-refractivity contribution in [3.05, 3.63) is 59.1 Å². The number of halogens is 4. The number of alkyl halides is 3. The third kappa shape index (κ3) is 2.28. The molecule has 0 unspecified atom stereocenters. The van der Waals surface area contributed by atoms with Gasteiger partial charge in [0.05, 0.1) is 11.3 Å². The van der Waals surface area contributed by atoms with Gasteiger partial charge in [-0.2, -0.15) is 13.2 Å². The predicted octanol–water partition coefficient (Wildman–Crippen LogP) is 6.25. The van der Waals surface area contributed by atoms with Gasteiger partial charge in [0.1, 0.15) is 5.58 Å². The molecule has 0 radical (unpaired) electrons. The van der Waals surface area contributed by atoms with E-state index in [-0.39, 0.29) is 21.9 Å². The lowest BCUT2D eigenvalue weighted by atomic mass is 10.1. The lowest BCUT2D eigenvalue weighted by molar-refractivity contribution is -0.135. The van der Waals surface area contributed by atoms with E-state index >= 15 is 0 Å². The Labute approximate surface area is 133 Å². The van der Waals surface area contributed by atoms with Crippen LogP contribution in [0.3, 0.4) is 0 Å². The van der Waals surface area contributed by atoms with E-state index in [9.17, 15) is 13.2 Å². The van der Waals surface area contributed by atoms with E-state index in [4.69, 9.17) is 16.0 Å². The van der Waals surface area contributed by atoms with Gasteiger partial charge < -0.3 is 9.40 Å². The van der Waals surface area contributed by atoms with Crippen molar-refractivity contribution in [2.24, 2.45) is 0 Å². The number of nitrogens with one attached hydrogen (secondary N) is 1. The summed E-state index contributed by atoms with van der Waals surface area (Å²) in [5, 5.41) is 1.02. The minimum Gasteiger partial charge on any atom is -0.455 e. The quantitative estimate of drug-likeness (QED) is 0.437. The van der Waals surface area contributed by atoms with E-state index in [1.54, 1.807) is 36.4 Å². The highest BCUT2D eigenvalue weighted by atomic mass is 35.5.